The minimum Gasteiger partial charge on any atom is -0.335 e. The molecule has 0 radical (unpaired) electrons. The number of amides is 2. The Morgan fingerprint density at radius 1 is 0.889 bits per heavy atom. The van der Waals surface area contributed by atoms with Crippen molar-refractivity contribution in [1.29, 1.82) is 0 Å². The van der Waals surface area contributed by atoms with Gasteiger partial charge in [-0.15, -0.1) is 0 Å². The number of hydrogen-bond donors (Lipinski definition) is 2. The summed E-state index contributed by atoms with van der Waals surface area (Å²) >= 11 is 3.14. The van der Waals surface area contributed by atoms with Gasteiger partial charge in [-0.1, -0.05) is 49.2 Å². The highest BCUT2D eigenvalue weighted by atomic mass is 79.9. The molecule has 0 spiro atoms. The highest BCUT2D eigenvalue weighted by Crippen LogP contribution is 2.39. The van der Waals surface area contributed by atoms with Crippen molar-refractivity contribution in [3.63, 3.8) is 0 Å². The zero-order chi connectivity index (χ0) is 25.9. The largest absolute Gasteiger partial charge is 0.416 e. The second kappa shape index (κ2) is 10.6. The summed E-state index contributed by atoms with van der Waals surface area (Å²) in [7, 11) is 0. The minimum atomic E-state index is -4.81. The second-order valence-electron chi connectivity index (χ2n) is 9.00. The molecule has 4 rings (SSSR count). The summed E-state index contributed by atoms with van der Waals surface area (Å²) < 4.78 is 70.0. The Labute approximate surface area is 214 Å². The predicted molar refractivity (Wildman–Crippen MR) is 130 cm³/mol. The van der Waals surface area contributed by atoms with Gasteiger partial charge in [0.25, 0.3) is 0 Å². The molecule has 3 nitrogen and oxygen atoms in total. The van der Waals surface area contributed by atoms with E-state index in [1.165, 1.54) is 12.1 Å². The number of rotatable bonds is 6. The third-order valence-corrected chi connectivity index (χ3v) is 7.07. The summed E-state index contributed by atoms with van der Waals surface area (Å²) in [5, 5.41) is 5.76. The zero-order valence-corrected chi connectivity index (χ0v) is 20.7. The van der Waals surface area contributed by atoms with E-state index in [4.69, 9.17) is 0 Å². The van der Waals surface area contributed by atoms with Crippen LogP contribution >= 0.6 is 15.9 Å². The van der Waals surface area contributed by atoms with Crippen molar-refractivity contribution in [2.24, 2.45) is 0 Å². The maximum atomic E-state index is 14.7. The molecule has 190 valence electrons. The van der Waals surface area contributed by atoms with Crippen LogP contribution < -0.4 is 10.6 Å². The number of alkyl halides is 3. The molecule has 9 heteroatoms. The van der Waals surface area contributed by atoms with Gasteiger partial charge < -0.3 is 10.6 Å². The number of hydrogen-bond acceptors (Lipinski definition) is 1. The highest BCUT2D eigenvalue weighted by molar-refractivity contribution is 9.10. The molecule has 0 heterocycles. The maximum Gasteiger partial charge on any atom is 0.416 e. The summed E-state index contributed by atoms with van der Waals surface area (Å²) in [6.07, 6.45) is -1.32. The van der Waals surface area contributed by atoms with Gasteiger partial charge in [-0.05, 0) is 75.8 Å². The topological polar surface area (TPSA) is 41.1 Å². The van der Waals surface area contributed by atoms with E-state index in [0.29, 0.717) is 17.2 Å². The molecular formula is C27H24BrF5N2O. The Kier molecular flexibility index (Phi) is 7.68. The van der Waals surface area contributed by atoms with Crippen molar-refractivity contribution in [3.8, 4) is 0 Å². The van der Waals surface area contributed by atoms with Crippen LogP contribution in [-0.4, -0.2) is 12.1 Å². The Balaban J connectivity index is 1.92. The van der Waals surface area contributed by atoms with Crippen LogP contribution in [0.15, 0.2) is 71.2 Å². The van der Waals surface area contributed by atoms with Gasteiger partial charge in [0.15, 0.2) is 0 Å². The number of nitrogens with one attached hydrogen (secondary N) is 2. The van der Waals surface area contributed by atoms with Gasteiger partial charge in [0, 0.05) is 12.5 Å². The molecule has 0 bridgehead atoms. The Morgan fingerprint density at radius 3 is 2.19 bits per heavy atom. The lowest BCUT2D eigenvalue weighted by atomic mass is 9.77. The number of halogens is 6. The van der Waals surface area contributed by atoms with Crippen molar-refractivity contribution >= 4 is 22.0 Å². The molecule has 36 heavy (non-hydrogen) atoms. The lowest BCUT2D eigenvalue weighted by molar-refractivity contribution is -0.137. The fourth-order valence-corrected chi connectivity index (χ4v) is 5.09. The van der Waals surface area contributed by atoms with E-state index >= 15 is 0 Å². The van der Waals surface area contributed by atoms with E-state index in [2.05, 4.69) is 26.6 Å². The van der Waals surface area contributed by atoms with Crippen molar-refractivity contribution in [2.75, 3.05) is 0 Å². The first-order chi connectivity index (χ1) is 17.1. The summed E-state index contributed by atoms with van der Waals surface area (Å²) in [5.74, 6) is -1.69. The Hall–Kier alpha value is -2.94. The summed E-state index contributed by atoms with van der Waals surface area (Å²) in [4.78, 5) is 13.2. The van der Waals surface area contributed by atoms with Crippen LogP contribution in [0.1, 0.15) is 47.9 Å². The monoisotopic (exact) mass is 566 g/mol. The van der Waals surface area contributed by atoms with E-state index in [0.717, 1.165) is 43.9 Å². The molecule has 0 aliphatic heterocycles. The number of benzene rings is 3. The second-order valence-corrected chi connectivity index (χ2v) is 9.86. The van der Waals surface area contributed by atoms with Crippen LogP contribution in [0.4, 0.5) is 26.7 Å². The van der Waals surface area contributed by atoms with Gasteiger partial charge in [-0.3, -0.25) is 0 Å². The van der Waals surface area contributed by atoms with Gasteiger partial charge in [-0.2, -0.15) is 13.2 Å². The molecule has 1 atom stereocenters. The van der Waals surface area contributed by atoms with Crippen LogP contribution in [0, 0.1) is 11.6 Å². The fraction of sp³-hybridized carbons (Fsp3) is 0.296. The molecule has 1 saturated carbocycles. The smallest absolute Gasteiger partial charge is 0.335 e. The van der Waals surface area contributed by atoms with Crippen LogP contribution in [-0.2, 0) is 18.1 Å². The van der Waals surface area contributed by atoms with Crippen molar-refractivity contribution < 1.29 is 26.7 Å². The molecule has 1 aliphatic carbocycles. The lowest BCUT2D eigenvalue weighted by Gasteiger charge is -2.37. The number of carbonyl (C=O) groups excluding carboxylic acids is 1. The molecule has 0 aromatic heterocycles. The van der Waals surface area contributed by atoms with E-state index in [-0.39, 0.29) is 22.5 Å². The van der Waals surface area contributed by atoms with E-state index in [1.807, 2.05) is 0 Å². The summed E-state index contributed by atoms with van der Waals surface area (Å²) in [6, 6.07) is 14.3. The molecule has 1 fully saturated rings. The molecule has 2 amide bonds. The zero-order valence-electron chi connectivity index (χ0n) is 19.1. The van der Waals surface area contributed by atoms with E-state index in [1.54, 1.807) is 30.3 Å². The van der Waals surface area contributed by atoms with Gasteiger partial charge in [0.2, 0.25) is 0 Å². The Bertz CT molecular complexity index is 1230. The third-order valence-electron chi connectivity index (χ3n) is 6.46. The molecule has 1 aliphatic rings. The molecule has 3 aromatic rings. The first-order valence-electron chi connectivity index (χ1n) is 11.5. The maximum absolute atomic E-state index is 14.7. The molecule has 2 N–H and O–H groups in total. The highest BCUT2D eigenvalue weighted by Gasteiger charge is 2.40. The molecular weight excluding hydrogens is 543 g/mol. The standard InChI is InChI=1S/C27H24BrF5N2O/c28-23-15-18(10-11-24(23)30)26(16-17-6-2-1-3-7-17,35-25(36)34-22-8-4-5-9-22)19-12-20(27(31,32)33)14-21(29)13-19/h1-3,6-7,10-15,22H,4-5,8-9,16H2,(H2,34,35,36)/t26-/m1/s1. The van der Waals surface area contributed by atoms with Crippen LogP contribution in [0.2, 0.25) is 0 Å². The lowest BCUT2D eigenvalue weighted by Crippen LogP contribution is -2.53. The van der Waals surface area contributed by atoms with Crippen LogP contribution in [0.25, 0.3) is 0 Å². The average molecular weight is 567 g/mol. The SMILES string of the molecule is O=C(NC1CCCC1)N[C@@](Cc1ccccc1)(c1cc(F)cc(C(F)(F)F)c1)c1ccc(F)c(Br)c1. The Morgan fingerprint density at radius 2 is 1.56 bits per heavy atom. The van der Waals surface area contributed by atoms with Gasteiger partial charge >= 0.3 is 12.2 Å². The average Bonchev–Trinajstić information content (AvgIpc) is 3.33. The minimum absolute atomic E-state index is 0.00918. The summed E-state index contributed by atoms with van der Waals surface area (Å²) in [6.45, 7) is 0. The quantitative estimate of drug-likeness (QED) is 0.298. The number of carbonyl (C=O) groups is 1. The van der Waals surface area contributed by atoms with Crippen molar-refractivity contribution in [3.05, 3.63) is 105 Å². The third kappa shape index (κ3) is 5.88. The first-order valence-corrected chi connectivity index (χ1v) is 12.3. The van der Waals surface area contributed by atoms with Crippen molar-refractivity contribution in [2.45, 2.75) is 49.9 Å². The molecule has 0 saturated heterocycles. The fourth-order valence-electron chi connectivity index (χ4n) is 4.71. The number of urea groups is 1. The van der Waals surface area contributed by atoms with Gasteiger partial charge in [-0.25, -0.2) is 13.6 Å². The van der Waals surface area contributed by atoms with Crippen molar-refractivity contribution in [1.82, 2.24) is 10.6 Å². The van der Waals surface area contributed by atoms with E-state index in [9.17, 15) is 26.7 Å². The van der Waals surface area contributed by atoms with Crippen LogP contribution in [0.3, 0.4) is 0 Å². The summed E-state index contributed by atoms with van der Waals surface area (Å²) in [5.41, 5.74) is -1.98. The molecule has 0 unspecified atom stereocenters. The van der Waals surface area contributed by atoms with Gasteiger partial charge in [0.05, 0.1) is 15.6 Å². The van der Waals surface area contributed by atoms with Gasteiger partial charge in [0.1, 0.15) is 11.6 Å². The first kappa shape index (κ1) is 26.1. The predicted octanol–water partition coefficient (Wildman–Crippen LogP) is 7.47. The van der Waals surface area contributed by atoms with Crippen LogP contribution in [0.5, 0.6) is 0 Å². The van der Waals surface area contributed by atoms with E-state index < -0.39 is 34.9 Å². The normalized spacial score (nSPS) is 15.9. The molecule has 3 aromatic carbocycles.